The van der Waals surface area contributed by atoms with E-state index in [1.165, 1.54) is 0 Å². The third kappa shape index (κ3) is 1.20. The number of halogens is 1. The Balaban J connectivity index is 2.48. The maximum atomic E-state index is 13.5. The Hall–Kier alpha value is -1.09. The van der Waals surface area contributed by atoms with E-state index in [4.69, 9.17) is 4.74 Å². The molecular formula is C11H13FO2. The predicted octanol–water partition coefficient (Wildman–Crippen LogP) is 2.34. The van der Waals surface area contributed by atoms with Gasteiger partial charge in [-0.3, -0.25) is 0 Å². The zero-order valence-corrected chi connectivity index (χ0v) is 8.25. The largest absolute Gasteiger partial charge is 0.484 e. The first-order valence-corrected chi connectivity index (χ1v) is 4.79. The minimum Gasteiger partial charge on any atom is -0.484 e. The predicted molar refractivity (Wildman–Crippen MR) is 50.8 cm³/mol. The second-order valence-electron chi connectivity index (χ2n) is 3.62. The molecule has 2 unspecified atom stereocenters. The lowest BCUT2D eigenvalue weighted by Gasteiger charge is -2.10. The molecule has 0 radical (unpaired) electrons. The molecule has 14 heavy (non-hydrogen) atoms. The average molecular weight is 196 g/mol. The molecule has 1 N–H and O–H groups in total. The van der Waals surface area contributed by atoms with E-state index in [1.807, 2.05) is 6.92 Å². The van der Waals surface area contributed by atoms with Crippen molar-refractivity contribution in [3.63, 3.8) is 0 Å². The highest BCUT2D eigenvalue weighted by atomic mass is 19.1. The second kappa shape index (κ2) is 3.24. The lowest BCUT2D eigenvalue weighted by Crippen LogP contribution is -2.16. The van der Waals surface area contributed by atoms with Crippen LogP contribution in [0.25, 0.3) is 0 Å². The summed E-state index contributed by atoms with van der Waals surface area (Å²) in [4.78, 5) is 0. The van der Waals surface area contributed by atoms with Gasteiger partial charge in [-0.15, -0.1) is 0 Å². The molecule has 0 spiro atoms. The Labute approximate surface area is 82.3 Å². The summed E-state index contributed by atoms with van der Waals surface area (Å²) < 4.78 is 18.9. The highest BCUT2D eigenvalue weighted by molar-refractivity contribution is 5.43. The SMILES string of the molecule is CCC1Oc2c(ccc(C)c2F)C1O. The standard InChI is InChI=1S/C11H13FO2/c1-3-8-10(13)7-5-4-6(2)9(12)11(7)14-8/h4-5,8,10,13H,3H2,1-2H3. The van der Waals surface area contributed by atoms with Crippen molar-refractivity contribution in [2.45, 2.75) is 32.5 Å². The Bertz CT molecular complexity index is 363. The Kier molecular flexibility index (Phi) is 2.19. The van der Waals surface area contributed by atoms with Gasteiger partial charge in [0.15, 0.2) is 11.6 Å². The molecular weight excluding hydrogens is 183 g/mol. The van der Waals surface area contributed by atoms with Gasteiger partial charge in [-0.2, -0.15) is 0 Å². The van der Waals surface area contributed by atoms with Crippen molar-refractivity contribution in [2.24, 2.45) is 0 Å². The van der Waals surface area contributed by atoms with Crippen LogP contribution in [0.1, 0.15) is 30.6 Å². The molecule has 1 aromatic rings. The van der Waals surface area contributed by atoms with Crippen LogP contribution in [0.5, 0.6) is 5.75 Å². The van der Waals surface area contributed by atoms with Gasteiger partial charge < -0.3 is 9.84 Å². The lowest BCUT2D eigenvalue weighted by molar-refractivity contribution is 0.0640. The Morgan fingerprint density at radius 1 is 1.50 bits per heavy atom. The molecule has 3 heteroatoms. The molecule has 1 aliphatic heterocycles. The normalized spacial score (nSPS) is 24.6. The average Bonchev–Trinajstić information content (AvgIpc) is 2.50. The van der Waals surface area contributed by atoms with Gasteiger partial charge in [-0.05, 0) is 18.9 Å². The van der Waals surface area contributed by atoms with Crippen LogP contribution in [0, 0.1) is 12.7 Å². The van der Waals surface area contributed by atoms with E-state index in [9.17, 15) is 9.50 Å². The number of ether oxygens (including phenoxy) is 1. The summed E-state index contributed by atoms with van der Waals surface area (Å²) in [6.07, 6.45) is -0.319. The van der Waals surface area contributed by atoms with E-state index in [-0.39, 0.29) is 17.7 Å². The number of hydrogen-bond donors (Lipinski definition) is 1. The van der Waals surface area contributed by atoms with Crippen molar-refractivity contribution in [3.8, 4) is 5.75 Å². The van der Waals surface area contributed by atoms with Crippen LogP contribution in [-0.4, -0.2) is 11.2 Å². The number of hydrogen-bond acceptors (Lipinski definition) is 2. The van der Waals surface area contributed by atoms with Crippen LogP contribution < -0.4 is 4.74 Å². The third-order valence-corrected chi connectivity index (χ3v) is 2.66. The highest BCUT2D eigenvalue weighted by Crippen LogP contribution is 2.40. The fourth-order valence-electron chi connectivity index (χ4n) is 1.74. The first kappa shape index (κ1) is 9.46. The van der Waals surface area contributed by atoms with E-state index >= 15 is 0 Å². The fraction of sp³-hybridized carbons (Fsp3) is 0.455. The van der Waals surface area contributed by atoms with Crippen LogP contribution in [0.4, 0.5) is 4.39 Å². The fourth-order valence-corrected chi connectivity index (χ4v) is 1.74. The summed E-state index contributed by atoms with van der Waals surface area (Å²) in [7, 11) is 0. The van der Waals surface area contributed by atoms with Crippen LogP contribution >= 0.6 is 0 Å². The van der Waals surface area contributed by atoms with Gasteiger partial charge in [0.05, 0.1) is 0 Å². The number of aliphatic hydroxyl groups excluding tert-OH is 1. The van der Waals surface area contributed by atoms with Gasteiger partial charge in [0.2, 0.25) is 0 Å². The van der Waals surface area contributed by atoms with Crippen molar-refractivity contribution < 1.29 is 14.2 Å². The van der Waals surface area contributed by atoms with Gasteiger partial charge in [-0.25, -0.2) is 4.39 Å². The monoisotopic (exact) mass is 196 g/mol. The van der Waals surface area contributed by atoms with Crippen LogP contribution in [0.3, 0.4) is 0 Å². The van der Waals surface area contributed by atoms with Crippen molar-refractivity contribution in [1.82, 2.24) is 0 Å². The topological polar surface area (TPSA) is 29.5 Å². The number of aliphatic hydroxyl groups is 1. The summed E-state index contributed by atoms with van der Waals surface area (Å²) in [6, 6.07) is 3.40. The summed E-state index contributed by atoms with van der Waals surface area (Å²) in [6.45, 7) is 3.59. The van der Waals surface area contributed by atoms with Gasteiger partial charge in [0.25, 0.3) is 0 Å². The zero-order valence-electron chi connectivity index (χ0n) is 8.25. The summed E-state index contributed by atoms with van der Waals surface area (Å²) in [5, 5.41) is 9.76. The van der Waals surface area contributed by atoms with E-state index < -0.39 is 6.10 Å². The molecule has 0 fully saturated rings. The number of aryl methyl sites for hydroxylation is 1. The first-order chi connectivity index (χ1) is 6.65. The molecule has 2 nitrogen and oxygen atoms in total. The highest BCUT2D eigenvalue weighted by Gasteiger charge is 2.33. The molecule has 0 saturated heterocycles. The number of fused-ring (bicyclic) bond motifs is 1. The van der Waals surface area contributed by atoms with E-state index in [1.54, 1.807) is 19.1 Å². The van der Waals surface area contributed by atoms with Crippen molar-refractivity contribution in [1.29, 1.82) is 0 Å². The summed E-state index contributed by atoms with van der Waals surface area (Å²) in [5.41, 5.74) is 1.12. The first-order valence-electron chi connectivity index (χ1n) is 4.79. The summed E-state index contributed by atoms with van der Waals surface area (Å²) in [5.74, 6) is -0.123. The molecule has 2 rings (SSSR count). The molecule has 1 aliphatic rings. The van der Waals surface area contributed by atoms with E-state index in [0.717, 1.165) is 0 Å². The van der Waals surface area contributed by atoms with Gasteiger partial charge in [0.1, 0.15) is 12.2 Å². The van der Waals surface area contributed by atoms with Gasteiger partial charge in [0, 0.05) is 5.56 Å². The minimum atomic E-state index is -0.690. The molecule has 0 saturated carbocycles. The van der Waals surface area contributed by atoms with Crippen LogP contribution in [0.2, 0.25) is 0 Å². The Morgan fingerprint density at radius 2 is 2.21 bits per heavy atom. The minimum absolute atomic E-state index is 0.226. The Morgan fingerprint density at radius 3 is 2.86 bits per heavy atom. The van der Waals surface area contributed by atoms with Crippen molar-refractivity contribution in [2.75, 3.05) is 0 Å². The quantitative estimate of drug-likeness (QED) is 0.747. The zero-order chi connectivity index (χ0) is 10.3. The molecule has 0 aromatic heterocycles. The van der Waals surface area contributed by atoms with Crippen LogP contribution in [0.15, 0.2) is 12.1 Å². The van der Waals surface area contributed by atoms with Crippen molar-refractivity contribution >= 4 is 0 Å². The molecule has 1 aromatic carbocycles. The van der Waals surface area contributed by atoms with Gasteiger partial charge in [-0.1, -0.05) is 19.1 Å². The summed E-state index contributed by atoms with van der Waals surface area (Å²) >= 11 is 0. The molecule has 0 bridgehead atoms. The third-order valence-electron chi connectivity index (χ3n) is 2.66. The van der Waals surface area contributed by atoms with E-state index in [0.29, 0.717) is 17.5 Å². The van der Waals surface area contributed by atoms with Crippen molar-refractivity contribution in [3.05, 3.63) is 29.1 Å². The van der Waals surface area contributed by atoms with E-state index in [2.05, 4.69) is 0 Å². The number of rotatable bonds is 1. The molecule has 0 amide bonds. The maximum Gasteiger partial charge on any atom is 0.168 e. The molecule has 0 aliphatic carbocycles. The second-order valence-corrected chi connectivity index (χ2v) is 3.62. The number of benzene rings is 1. The molecule has 2 atom stereocenters. The lowest BCUT2D eigenvalue weighted by atomic mass is 10.0. The molecule has 76 valence electrons. The smallest absolute Gasteiger partial charge is 0.168 e. The van der Waals surface area contributed by atoms with Gasteiger partial charge >= 0.3 is 0 Å². The molecule has 1 heterocycles. The maximum absolute atomic E-state index is 13.5. The van der Waals surface area contributed by atoms with Crippen LogP contribution in [-0.2, 0) is 0 Å².